The Balaban J connectivity index is 4.33. The number of hydrogen-bond donors (Lipinski definition) is 2. The van der Waals surface area contributed by atoms with Gasteiger partial charge < -0.3 is 5.32 Å². The maximum Gasteiger partial charge on any atom is 0.299 e. The van der Waals surface area contributed by atoms with E-state index >= 15 is 0 Å². The monoisotopic (exact) mass is 221 g/mol. The fourth-order valence-corrected chi connectivity index (χ4v) is 0.868. The molecule has 2 N–H and O–H groups in total. The average Bonchev–Trinajstić information content (AvgIpc) is 1.95. The fraction of sp³-hybridized carbons (Fsp3) is 0.625. The number of hydrogen-bond acceptors (Lipinski definition) is 3. The molecule has 0 aliphatic rings. The van der Waals surface area contributed by atoms with Crippen molar-refractivity contribution in [2.45, 2.75) is 20.8 Å². The van der Waals surface area contributed by atoms with Crippen molar-refractivity contribution in [1.29, 1.82) is 0 Å². The van der Waals surface area contributed by atoms with Gasteiger partial charge in [-0.1, -0.05) is 27.4 Å². The highest BCUT2D eigenvalue weighted by Crippen LogP contribution is 2.11. The van der Waals surface area contributed by atoms with Gasteiger partial charge >= 0.3 is 0 Å². The molecule has 14 heavy (non-hydrogen) atoms. The quantitative estimate of drug-likeness (QED) is 0.538. The van der Waals surface area contributed by atoms with Gasteiger partial charge in [-0.3, -0.25) is 9.35 Å². The molecule has 0 fully saturated rings. The summed E-state index contributed by atoms with van der Waals surface area (Å²) in [6, 6.07) is 0. The maximum absolute atomic E-state index is 11.1. The Morgan fingerprint density at radius 3 is 2.14 bits per heavy atom. The number of carbonyl (C=O) groups is 1. The zero-order valence-electron chi connectivity index (χ0n) is 8.49. The first-order valence-electron chi connectivity index (χ1n) is 3.98. The summed E-state index contributed by atoms with van der Waals surface area (Å²) in [5, 5.41) is 2.35. The van der Waals surface area contributed by atoms with Crippen LogP contribution in [0.4, 0.5) is 0 Å². The third kappa shape index (κ3) is 4.98. The maximum atomic E-state index is 11.1. The Hall–Kier alpha value is -0.880. The molecule has 0 unspecified atom stereocenters. The number of rotatable bonds is 3. The minimum Gasteiger partial charge on any atom is -0.351 e. The predicted octanol–water partition coefficient (Wildman–Crippen LogP) is 0.550. The molecule has 0 saturated carbocycles. The van der Waals surface area contributed by atoms with E-state index in [2.05, 4.69) is 11.9 Å². The molecule has 5 nitrogen and oxygen atoms in total. The van der Waals surface area contributed by atoms with E-state index in [0.717, 1.165) is 0 Å². The fourth-order valence-electron chi connectivity index (χ4n) is 0.561. The highest BCUT2D eigenvalue weighted by molar-refractivity contribution is 7.90. The van der Waals surface area contributed by atoms with E-state index < -0.39 is 20.9 Å². The molecule has 1 amide bonds. The first-order valence-corrected chi connectivity index (χ1v) is 5.42. The first-order chi connectivity index (χ1) is 6.04. The van der Waals surface area contributed by atoms with Crippen LogP contribution >= 0.6 is 0 Å². The van der Waals surface area contributed by atoms with Crippen LogP contribution in [0.15, 0.2) is 11.5 Å². The summed E-state index contributed by atoms with van der Waals surface area (Å²) < 4.78 is 29.5. The summed E-state index contributed by atoms with van der Waals surface area (Å²) in [4.78, 5) is 10.3. The number of nitrogens with one attached hydrogen (secondary N) is 1. The summed E-state index contributed by atoms with van der Waals surface area (Å²) in [5.41, 5.74) is -0.158. The molecule has 0 aromatic rings. The van der Waals surface area contributed by atoms with Gasteiger partial charge in [0.1, 0.15) is 0 Å². The molecule has 82 valence electrons. The average molecular weight is 221 g/mol. The van der Waals surface area contributed by atoms with Crippen molar-refractivity contribution in [2.24, 2.45) is 5.41 Å². The van der Waals surface area contributed by atoms with Gasteiger partial charge in [0.2, 0.25) is 0 Å². The molecule has 0 aliphatic heterocycles. The molecule has 0 rings (SSSR count). The molecule has 0 atom stereocenters. The lowest BCUT2D eigenvalue weighted by molar-refractivity contribution is -0.117. The Bertz CT molecular complexity index is 337. The predicted molar refractivity (Wildman–Crippen MR) is 53.2 cm³/mol. The van der Waals surface area contributed by atoms with Crippen LogP contribution in [-0.2, 0) is 14.9 Å². The molecular weight excluding hydrogens is 206 g/mol. The van der Waals surface area contributed by atoms with Gasteiger partial charge in [0.05, 0.1) is 0 Å². The second-order valence-corrected chi connectivity index (χ2v) is 5.58. The van der Waals surface area contributed by atoms with Crippen LogP contribution in [0.3, 0.4) is 0 Å². The largest absolute Gasteiger partial charge is 0.351 e. The van der Waals surface area contributed by atoms with Crippen LogP contribution in [0.25, 0.3) is 0 Å². The topological polar surface area (TPSA) is 83.5 Å². The van der Waals surface area contributed by atoms with Crippen LogP contribution in [0.1, 0.15) is 20.8 Å². The van der Waals surface area contributed by atoms with Crippen LogP contribution in [0.5, 0.6) is 0 Å². The summed E-state index contributed by atoms with van der Waals surface area (Å²) in [7, 11) is -4.48. The summed E-state index contributed by atoms with van der Waals surface area (Å²) in [6.45, 7) is 8.92. The normalized spacial score (nSPS) is 12.3. The SMILES string of the molecule is C=C(C(=O)NCC(C)(C)C)S(=O)(=O)O. The van der Waals surface area contributed by atoms with Crippen molar-refractivity contribution in [3.63, 3.8) is 0 Å². The van der Waals surface area contributed by atoms with E-state index in [1.165, 1.54) is 0 Å². The lowest BCUT2D eigenvalue weighted by Crippen LogP contribution is -2.34. The zero-order chi connectivity index (χ0) is 11.6. The molecule has 0 aromatic carbocycles. The van der Waals surface area contributed by atoms with E-state index in [-0.39, 0.29) is 5.41 Å². The molecule has 0 heterocycles. The van der Waals surface area contributed by atoms with Crippen LogP contribution < -0.4 is 5.32 Å². The minimum atomic E-state index is -4.48. The van der Waals surface area contributed by atoms with E-state index in [0.29, 0.717) is 6.54 Å². The van der Waals surface area contributed by atoms with Gasteiger partial charge in [-0.15, -0.1) is 0 Å². The molecule has 0 aromatic heterocycles. The zero-order valence-corrected chi connectivity index (χ0v) is 9.31. The van der Waals surface area contributed by atoms with Crippen LogP contribution in [0.2, 0.25) is 0 Å². The summed E-state index contributed by atoms with van der Waals surface area (Å²) in [6.07, 6.45) is 0. The van der Waals surface area contributed by atoms with Gasteiger partial charge in [-0.25, -0.2) is 0 Å². The lowest BCUT2D eigenvalue weighted by Gasteiger charge is -2.18. The molecule has 6 heteroatoms. The third-order valence-electron chi connectivity index (χ3n) is 1.34. The summed E-state index contributed by atoms with van der Waals surface area (Å²) in [5.74, 6) is -0.873. The first kappa shape index (κ1) is 13.1. The second kappa shape index (κ2) is 4.10. The third-order valence-corrected chi connectivity index (χ3v) is 2.15. The van der Waals surface area contributed by atoms with Crippen molar-refractivity contribution < 1.29 is 17.8 Å². The molecular formula is C8H15NO4S. The van der Waals surface area contributed by atoms with E-state index in [1.807, 2.05) is 20.8 Å². The van der Waals surface area contributed by atoms with Crippen molar-refractivity contribution in [3.05, 3.63) is 11.5 Å². The van der Waals surface area contributed by atoms with Crippen LogP contribution in [0, 0.1) is 5.41 Å². The van der Waals surface area contributed by atoms with Crippen molar-refractivity contribution >= 4 is 16.0 Å². The molecule has 0 radical (unpaired) electrons. The van der Waals surface area contributed by atoms with E-state index in [9.17, 15) is 13.2 Å². The van der Waals surface area contributed by atoms with Gasteiger partial charge in [-0.05, 0) is 5.41 Å². The molecule has 0 aliphatic carbocycles. The van der Waals surface area contributed by atoms with E-state index in [1.54, 1.807) is 0 Å². The number of carbonyl (C=O) groups excluding carboxylic acids is 1. The number of amides is 1. The van der Waals surface area contributed by atoms with Crippen LogP contribution in [-0.4, -0.2) is 25.4 Å². The highest BCUT2D eigenvalue weighted by Gasteiger charge is 2.21. The molecule has 0 bridgehead atoms. The Labute approximate surface area is 83.9 Å². The second-order valence-electron chi connectivity index (χ2n) is 4.14. The van der Waals surface area contributed by atoms with Crippen molar-refractivity contribution in [2.75, 3.05) is 6.54 Å². The molecule has 0 saturated heterocycles. The molecule has 0 spiro atoms. The van der Waals surface area contributed by atoms with Gasteiger partial charge in [0.15, 0.2) is 4.91 Å². The Kier molecular flexibility index (Phi) is 3.84. The van der Waals surface area contributed by atoms with Crippen molar-refractivity contribution in [3.8, 4) is 0 Å². The summed E-state index contributed by atoms with van der Waals surface area (Å²) >= 11 is 0. The standard InChI is InChI=1S/C8H15NO4S/c1-6(14(11,12)13)7(10)9-5-8(2,3)4/h1,5H2,2-4H3,(H,9,10)(H,11,12,13). The lowest BCUT2D eigenvalue weighted by atomic mass is 9.97. The Morgan fingerprint density at radius 2 is 1.86 bits per heavy atom. The smallest absolute Gasteiger partial charge is 0.299 e. The van der Waals surface area contributed by atoms with Gasteiger partial charge in [0, 0.05) is 6.54 Å². The van der Waals surface area contributed by atoms with Gasteiger partial charge in [0.25, 0.3) is 16.0 Å². The minimum absolute atomic E-state index is 0.158. The van der Waals surface area contributed by atoms with Gasteiger partial charge in [-0.2, -0.15) is 8.42 Å². The van der Waals surface area contributed by atoms with Crippen molar-refractivity contribution in [1.82, 2.24) is 5.32 Å². The highest BCUT2D eigenvalue weighted by atomic mass is 32.2. The Morgan fingerprint density at radius 1 is 1.43 bits per heavy atom. The van der Waals surface area contributed by atoms with E-state index in [4.69, 9.17) is 4.55 Å².